The summed E-state index contributed by atoms with van der Waals surface area (Å²) in [5.74, 6) is -1.61. The highest BCUT2D eigenvalue weighted by Gasteiger charge is 2.18. The molecule has 0 saturated carbocycles. The average Bonchev–Trinajstić information content (AvgIpc) is 2.60. The van der Waals surface area contributed by atoms with Gasteiger partial charge in [0.2, 0.25) is 5.91 Å². The maximum Gasteiger partial charge on any atom is 0.305 e. The number of carboxylic acids is 1. The Morgan fingerprint density at radius 3 is 2.52 bits per heavy atom. The Morgan fingerprint density at radius 2 is 1.92 bits per heavy atom. The Hall–Kier alpha value is -2.89. The number of rotatable bonds is 8. The lowest BCUT2D eigenvalue weighted by Gasteiger charge is -2.17. The lowest BCUT2D eigenvalue weighted by Crippen LogP contribution is -2.30. The summed E-state index contributed by atoms with van der Waals surface area (Å²) in [5.41, 5.74) is 1.40. The highest BCUT2D eigenvalue weighted by Crippen LogP contribution is 2.19. The second-order valence-corrected chi connectivity index (χ2v) is 5.60. The van der Waals surface area contributed by atoms with Crippen LogP contribution in [0, 0.1) is 5.82 Å². The molecular formula is C19H20FNO4. The number of aryl methyl sites for hydroxylation is 1. The van der Waals surface area contributed by atoms with Gasteiger partial charge in [-0.3, -0.25) is 9.59 Å². The number of carbonyl (C=O) groups excluding carboxylic acids is 1. The van der Waals surface area contributed by atoms with E-state index in [9.17, 15) is 14.0 Å². The molecule has 0 fully saturated rings. The fraction of sp³-hybridized carbons (Fsp3) is 0.263. The van der Waals surface area contributed by atoms with Gasteiger partial charge < -0.3 is 15.2 Å². The van der Waals surface area contributed by atoms with Crippen LogP contribution in [0.2, 0.25) is 0 Å². The second kappa shape index (κ2) is 8.82. The zero-order valence-corrected chi connectivity index (χ0v) is 13.9. The maximum absolute atomic E-state index is 13.7. The van der Waals surface area contributed by atoms with E-state index in [1.165, 1.54) is 19.2 Å². The van der Waals surface area contributed by atoms with Gasteiger partial charge in [0, 0.05) is 6.42 Å². The van der Waals surface area contributed by atoms with Crippen LogP contribution in [0.5, 0.6) is 5.75 Å². The van der Waals surface area contributed by atoms with Gasteiger partial charge in [-0.15, -0.1) is 0 Å². The molecular weight excluding hydrogens is 325 g/mol. The van der Waals surface area contributed by atoms with E-state index >= 15 is 0 Å². The Labute approximate surface area is 145 Å². The molecule has 1 unspecified atom stereocenters. The highest BCUT2D eigenvalue weighted by molar-refractivity contribution is 5.78. The van der Waals surface area contributed by atoms with Crippen molar-refractivity contribution in [3.63, 3.8) is 0 Å². The number of nitrogens with one attached hydrogen (secondary N) is 1. The minimum atomic E-state index is -0.994. The van der Waals surface area contributed by atoms with Gasteiger partial charge in [0.25, 0.3) is 0 Å². The van der Waals surface area contributed by atoms with Crippen LogP contribution in [0.4, 0.5) is 4.39 Å². The van der Waals surface area contributed by atoms with Crippen LogP contribution in [0.3, 0.4) is 0 Å². The van der Waals surface area contributed by atoms with Crippen molar-refractivity contribution in [2.75, 3.05) is 7.11 Å². The molecule has 0 aliphatic rings. The number of methoxy groups -OCH3 is 1. The van der Waals surface area contributed by atoms with Crippen molar-refractivity contribution >= 4 is 11.9 Å². The molecule has 0 saturated heterocycles. The van der Waals surface area contributed by atoms with Crippen LogP contribution in [0.1, 0.15) is 30.0 Å². The molecule has 1 amide bonds. The van der Waals surface area contributed by atoms with E-state index in [4.69, 9.17) is 9.84 Å². The molecule has 132 valence electrons. The molecule has 0 aliphatic carbocycles. The van der Waals surface area contributed by atoms with Gasteiger partial charge in [0.15, 0.2) is 11.6 Å². The number of halogens is 1. The maximum atomic E-state index is 13.7. The van der Waals surface area contributed by atoms with Gasteiger partial charge in [-0.05, 0) is 29.7 Å². The van der Waals surface area contributed by atoms with E-state index in [1.54, 1.807) is 30.3 Å². The van der Waals surface area contributed by atoms with Crippen molar-refractivity contribution in [2.45, 2.75) is 25.3 Å². The van der Waals surface area contributed by atoms with Crippen molar-refractivity contribution in [1.82, 2.24) is 5.32 Å². The van der Waals surface area contributed by atoms with Gasteiger partial charge in [-0.2, -0.15) is 0 Å². The molecule has 0 aromatic heterocycles. The van der Waals surface area contributed by atoms with Crippen LogP contribution in [-0.4, -0.2) is 24.1 Å². The normalized spacial score (nSPS) is 11.6. The molecule has 25 heavy (non-hydrogen) atoms. The molecule has 2 aromatic carbocycles. The van der Waals surface area contributed by atoms with Gasteiger partial charge in [0.1, 0.15) is 0 Å². The summed E-state index contributed by atoms with van der Waals surface area (Å²) in [6.45, 7) is 0. The molecule has 0 radical (unpaired) electrons. The Morgan fingerprint density at radius 1 is 1.20 bits per heavy atom. The number of ether oxygens (including phenoxy) is 1. The zero-order chi connectivity index (χ0) is 18.2. The number of carbonyl (C=O) groups is 2. The third kappa shape index (κ3) is 5.60. The fourth-order valence-corrected chi connectivity index (χ4v) is 2.50. The van der Waals surface area contributed by atoms with E-state index in [2.05, 4.69) is 5.32 Å². The summed E-state index contributed by atoms with van der Waals surface area (Å²) in [5, 5.41) is 11.8. The van der Waals surface area contributed by atoms with Crippen molar-refractivity contribution in [3.05, 3.63) is 65.5 Å². The molecule has 2 N–H and O–H groups in total. The number of aliphatic carboxylic acids is 1. The van der Waals surface area contributed by atoms with E-state index < -0.39 is 17.8 Å². The Bertz CT molecular complexity index is 733. The molecule has 2 rings (SSSR count). The Balaban J connectivity index is 1.97. The Kier molecular flexibility index (Phi) is 6.51. The molecule has 6 heteroatoms. The third-order valence-corrected chi connectivity index (χ3v) is 3.77. The van der Waals surface area contributed by atoms with Crippen molar-refractivity contribution in [1.29, 1.82) is 0 Å². The quantitative estimate of drug-likeness (QED) is 0.771. The zero-order valence-electron chi connectivity index (χ0n) is 13.9. The molecule has 0 aliphatic heterocycles. The monoisotopic (exact) mass is 345 g/mol. The number of benzene rings is 2. The van der Waals surface area contributed by atoms with Crippen LogP contribution < -0.4 is 10.1 Å². The molecule has 0 heterocycles. The van der Waals surface area contributed by atoms with Crippen LogP contribution >= 0.6 is 0 Å². The summed E-state index contributed by atoms with van der Waals surface area (Å²) in [6, 6.07) is 12.9. The SMILES string of the molecule is COc1ccc(CCC(=O)NC(CC(=O)O)c2ccccc2)cc1F. The molecule has 0 spiro atoms. The minimum absolute atomic E-state index is 0.134. The summed E-state index contributed by atoms with van der Waals surface area (Å²) in [4.78, 5) is 23.2. The molecule has 1 atom stereocenters. The fourth-order valence-electron chi connectivity index (χ4n) is 2.50. The van der Waals surface area contributed by atoms with Gasteiger partial charge in [-0.1, -0.05) is 36.4 Å². The minimum Gasteiger partial charge on any atom is -0.494 e. The average molecular weight is 345 g/mol. The standard InChI is InChI=1S/C19H20FNO4/c1-25-17-9-7-13(11-15(17)20)8-10-18(22)21-16(12-19(23)24)14-5-3-2-4-6-14/h2-7,9,11,16H,8,10,12H2,1H3,(H,21,22)(H,23,24). The lowest BCUT2D eigenvalue weighted by atomic mass is 10.0. The molecule has 0 bridgehead atoms. The number of amides is 1. The summed E-state index contributed by atoms with van der Waals surface area (Å²) in [7, 11) is 1.39. The van der Waals surface area contributed by atoms with Crippen molar-refractivity contribution in [3.8, 4) is 5.75 Å². The number of hydrogen-bond acceptors (Lipinski definition) is 3. The first kappa shape index (κ1) is 18.4. The lowest BCUT2D eigenvalue weighted by molar-refractivity contribution is -0.137. The van der Waals surface area contributed by atoms with Crippen LogP contribution in [0.15, 0.2) is 48.5 Å². The van der Waals surface area contributed by atoms with E-state index in [1.807, 2.05) is 6.07 Å². The third-order valence-electron chi connectivity index (χ3n) is 3.77. The summed E-state index contributed by atoms with van der Waals surface area (Å²) in [6.07, 6.45) is 0.281. The summed E-state index contributed by atoms with van der Waals surface area (Å²) < 4.78 is 18.5. The number of hydrogen-bond donors (Lipinski definition) is 2. The largest absolute Gasteiger partial charge is 0.494 e. The van der Waals surface area contributed by atoms with Gasteiger partial charge in [-0.25, -0.2) is 4.39 Å². The predicted octanol–water partition coefficient (Wildman–Crippen LogP) is 3.10. The first-order valence-corrected chi connectivity index (χ1v) is 7.88. The highest BCUT2D eigenvalue weighted by atomic mass is 19.1. The first-order valence-electron chi connectivity index (χ1n) is 7.88. The predicted molar refractivity (Wildman–Crippen MR) is 90.9 cm³/mol. The van der Waals surface area contributed by atoms with Crippen LogP contribution in [-0.2, 0) is 16.0 Å². The number of carboxylic acid groups (broad SMARTS) is 1. The smallest absolute Gasteiger partial charge is 0.305 e. The van der Waals surface area contributed by atoms with Gasteiger partial charge >= 0.3 is 5.97 Å². The van der Waals surface area contributed by atoms with Gasteiger partial charge in [0.05, 0.1) is 19.6 Å². The van der Waals surface area contributed by atoms with E-state index in [0.717, 1.165) is 5.56 Å². The second-order valence-electron chi connectivity index (χ2n) is 5.60. The first-order chi connectivity index (χ1) is 12.0. The van der Waals surface area contributed by atoms with Crippen molar-refractivity contribution in [2.24, 2.45) is 0 Å². The molecule has 5 nitrogen and oxygen atoms in total. The summed E-state index contributed by atoms with van der Waals surface area (Å²) >= 11 is 0. The van der Waals surface area contributed by atoms with E-state index in [0.29, 0.717) is 12.0 Å². The van der Waals surface area contributed by atoms with Crippen molar-refractivity contribution < 1.29 is 23.8 Å². The van der Waals surface area contributed by atoms with E-state index in [-0.39, 0.29) is 24.5 Å². The van der Waals surface area contributed by atoms with Crippen LogP contribution in [0.25, 0.3) is 0 Å². The molecule has 2 aromatic rings. The topological polar surface area (TPSA) is 75.6 Å².